The molecule has 0 aromatic heterocycles. The molecule has 6 nitrogen and oxygen atoms in total. The van der Waals surface area contributed by atoms with E-state index in [0.717, 1.165) is 5.56 Å². The van der Waals surface area contributed by atoms with Gasteiger partial charge in [0.05, 0.1) is 27.0 Å². The maximum Gasteiger partial charge on any atom is 0.261 e. The molecule has 1 aliphatic rings. The van der Waals surface area contributed by atoms with Gasteiger partial charge >= 0.3 is 0 Å². The number of benzene rings is 2. The Kier molecular flexibility index (Phi) is 4.70. The van der Waals surface area contributed by atoms with Gasteiger partial charge in [-0.15, -0.1) is 0 Å². The fraction of sp³-hybridized carbons (Fsp3) is 0.250. The summed E-state index contributed by atoms with van der Waals surface area (Å²) < 4.78 is 52.5. The van der Waals surface area contributed by atoms with Gasteiger partial charge in [-0.3, -0.25) is 9.03 Å². The van der Waals surface area contributed by atoms with Gasteiger partial charge in [-0.2, -0.15) is 0 Å². The second kappa shape index (κ2) is 6.51. The fourth-order valence-corrected chi connectivity index (χ4v) is 5.51. The van der Waals surface area contributed by atoms with Gasteiger partial charge in [-0.05, 0) is 43.7 Å². The van der Waals surface area contributed by atoms with Crippen molar-refractivity contribution in [1.29, 1.82) is 0 Å². The third-order valence-electron chi connectivity index (χ3n) is 3.92. The number of sulfonamides is 2. The first kappa shape index (κ1) is 18.0. The van der Waals surface area contributed by atoms with Crippen LogP contribution in [0, 0.1) is 6.92 Å². The van der Waals surface area contributed by atoms with Crippen LogP contribution in [0.4, 0.5) is 11.4 Å². The molecule has 1 fully saturated rings. The second-order valence-electron chi connectivity index (χ2n) is 5.82. The Morgan fingerprint density at radius 2 is 1.80 bits per heavy atom. The van der Waals surface area contributed by atoms with Gasteiger partial charge < -0.3 is 0 Å². The van der Waals surface area contributed by atoms with Crippen LogP contribution in [0.15, 0.2) is 47.4 Å². The van der Waals surface area contributed by atoms with Crippen molar-refractivity contribution in [2.75, 3.05) is 21.3 Å². The highest BCUT2D eigenvalue weighted by Crippen LogP contribution is 2.32. The summed E-state index contributed by atoms with van der Waals surface area (Å²) in [6.07, 6.45) is 0.557. The molecule has 0 saturated carbocycles. The minimum atomic E-state index is -3.77. The average molecular weight is 401 g/mol. The molecule has 3 rings (SSSR count). The molecule has 0 amide bonds. The lowest BCUT2D eigenvalue weighted by Crippen LogP contribution is -2.25. The van der Waals surface area contributed by atoms with Crippen molar-refractivity contribution in [3.8, 4) is 0 Å². The molecule has 9 heteroatoms. The van der Waals surface area contributed by atoms with Crippen LogP contribution >= 0.6 is 11.6 Å². The minimum Gasteiger partial charge on any atom is -0.278 e. The summed E-state index contributed by atoms with van der Waals surface area (Å²) in [4.78, 5) is 0.125. The topological polar surface area (TPSA) is 83.6 Å². The van der Waals surface area contributed by atoms with Crippen molar-refractivity contribution in [3.63, 3.8) is 0 Å². The van der Waals surface area contributed by atoms with Crippen molar-refractivity contribution < 1.29 is 16.8 Å². The molecular formula is C16H17ClN2O4S2. The standard InChI is InChI=1S/C16H17ClN2O4S2/c1-12-3-6-14(7-4-12)25(22,23)18-16-8-5-13(11-15(16)17)19-9-2-10-24(19,20)21/h3-8,11,18H,2,9-10H2,1H3. The van der Waals surface area contributed by atoms with Crippen molar-refractivity contribution in [2.45, 2.75) is 18.2 Å². The van der Waals surface area contributed by atoms with Gasteiger partial charge in [-0.1, -0.05) is 29.3 Å². The first-order chi connectivity index (χ1) is 11.7. The molecule has 0 atom stereocenters. The summed E-state index contributed by atoms with van der Waals surface area (Å²) in [5.41, 5.74) is 1.58. The molecule has 0 spiro atoms. The van der Waals surface area contributed by atoms with Crippen LogP contribution in [0.25, 0.3) is 0 Å². The van der Waals surface area contributed by atoms with Crippen LogP contribution in [0.3, 0.4) is 0 Å². The number of hydrogen-bond acceptors (Lipinski definition) is 4. The summed E-state index contributed by atoms with van der Waals surface area (Å²) in [7, 11) is -7.09. The molecule has 0 aliphatic carbocycles. The van der Waals surface area contributed by atoms with E-state index >= 15 is 0 Å². The van der Waals surface area contributed by atoms with E-state index < -0.39 is 20.0 Å². The zero-order valence-corrected chi connectivity index (χ0v) is 15.8. The Bertz CT molecular complexity index is 1000. The molecule has 1 N–H and O–H groups in total. The maximum atomic E-state index is 12.4. The number of aryl methyl sites for hydroxylation is 1. The number of nitrogens with one attached hydrogen (secondary N) is 1. The number of rotatable bonds is 4. The first-order valence-electron chi connectivity index (χ1n) is 7.58. The quantitative estimate of drug-likeness (QED) is 0.855. The van der Waals surface area contributed by atoms with Gasteiger partial charge in [0.1, 0.15) is 0 Å². The van der Waals surface area contributed by atoms with Gasteiger partial charge in [0.2, 0.25) is 10.0 Å². The maximum absolute atomic E-state index is 12.4. The highest BCUT2D eigenvalue weighted by molar-refractivity contribution is 7.93. The minimum absolute atomic E-state index is 0.104. The Balaban J connectivity index is 1.88. The molecule has 1 heterocycles. The predicted molar refractivity (Wildman–Crippen MR) is 99.2 cm³/mol. The SMILES string of the molecule is Cc1ccc(S(=O)(=O)Nc2ccc(N3CCCS3(=O)=O)cc2Cl)cc1. The lowest BCUT2D eigenvalue weighted by Gasteiger charge is -2.18. The van der Waals surface area contributed by atoms with Crippen LogP contribution < -0.4 is 9.03 Å². The van der Waals surface area contributed by atoms with E-state index in [4.69, 9.17) is 11.6 Å². The van der Waals surface area contributed by atoms with Crippen LogP contribution in [0.2, 0.25) is 5.02 Å². The van der Waals surface area contributed by atoms with Gasteiger partial charge in [0.25, 0.3) is 10.0 Å². The third-order valence-corrected chi connectivity index (χ3v) is 7.48. The lowest BCUT2D eigenvalue weighted by atomic mass is 10.2. The van der Waals surface area contributed by atoms with E-state index in [0.29, 0.717) is 18.7 Å². The van der Waals surface area contributed by atoms with Gasteiger partial charge in [0.15, 0.2) is 0 Å². The second-order valence-corrected chi connectivity index (χ2v) is 9.93. The van der Waals surface area contributed by atoms with E-state index in [1.54, 1.807) is 18.2 Å². The Labute approximate surface area is 152 Å². The number of hydrogen-bond donors (Lipinski definition) is 1. The van der Waals surface area contributed by atoms with E-state index in [2.05, 4.69) is 4.72 Å². The van der Waals surface area contributed by atoms with Crippen molar-refractivity contribution in [3.05, 3.63) is 53.1 Å². The zero-order chi connectivity index (χ0) is 18.2. The highest BCUT2D eigenvalue weighted by Gasteiger charge is 2.29. The number of nitrogens with zero attached hydrogens (tertiary/aromatic N) is 1. The van der Waals surface area contributed by atoms with E-state index in [1.165, 1.54) is 28.6 Å². The summed E-state index contributed by atoms with van der Waals surface area (Å²) in [5.74, 6) is 0.104. The molecule has 134 valence electrons. The molecule has 1 aliphatic heterocycles. The average Bonchev–Trinajstić information content (AvgIpc) is 2.89. The molecule has 0 bridgehead atoms. The Morgan fingerprint density at radius 1 is 1.12 bits per heavy atom. The summed E-state index contributed by atoms with van der Waals surface area (Å²) in [5, 5.41) is 0.135. The molecule has 2 aromatic rings. The molecule has 25 heavy (non-hydrogen) atoms. The third kappa shape index (κ3) is 3.75. The van der Waals surface area contributed by atoms with Crippen molar-refractivity contribution in [2.24, 2.45) is 0 Å². The molecule has 2 aromatic carbocycles. The predicted octanol–water partition coefficient (Wildman–Crippen LogP) is 2.99. The monoisotopic (exact) mass is 400 g/mol. The van der Waals surface area contributed by atoms with Gasteiger partial charge in [0, 0.05) is 6.54 Å². The van der Waals surface area contributed by atoms with E-state index in [1.807, 2.05) is 6.92 Å². The highest BCUT2D eigenvalue weighted by atomic mass is 35.5. The van der Waals surface area contributed by atoms with Crippen LogP contribution in [0.1, 0.15) is 12.0 Å². The van der Waals surface area contributed by atoms with Gasteiger partial charge in [-0.25, -0.2) is 16.8 Å². The first-order valence-corrected chi connectivity index (χ1v) is 11.1. The smallest absolute Gasteiger partial charge is 0.261 e. The number of halogens is 1. The normalized spacial score (nSPS) is 16.8. The fourth-order valence-electron chi connectivity index (χ4n) is 2.59. The van der Waals surface area contributed by atoms with Crippen molar-refractivity contribution in [1.82, 2.24) is 0 Å². The van der Waals surface area contributed by atoms with Crippen molar-refractivity contribution >= 4 is 43.0 Å². The molecule has 0 radical (unpaired) electrons. The Hall–Kier alpha value is -1.77. The summed E-state index contributed by atoms with van der Waals surface area (Å²) >= 11 is 6.17. The summed E-state index contributed by atoms with van der Waals surface area (Å²) in [6.45, 7) is 2.26. The summed E-state index contributed by atoms with van der Waals surface area (Å²) in [6, 6.07) is 10.9. The lowest BCUT2D eigenvalue weighted by molar-refractivity contribution is 0.598. The molecule has 0 unspecified atom stereocenters. The molecule has 1 saturated heterocycles. The largest absolute Gasteiger partial charge is 0.278 e. The van der Waals surface area contributed by atoms with Crippen LogP contribution in [-0.4, -0.2) is 29.1 Å². The van der Waals surface area contributed by atoms with Crippen LogP contribution in [0.5, 0.6) is 0 Å². The molecular weight excluding hydrogens is 384 g/mol. The zero-order valence-electron chi connectivity index (χ0n) is 13.4. The Morgan fingerprint density at radius 3 is 2.36 bits per heavy atom. The van der Waals surface area contributed by atoms with Crippen LogP contribution in [-0.2, 0) is 20.0 Å². The van der Waals surface area contributed by atoms with E-state index in [-0.39, 0.29) is 21.4 Å². The number of anilines is 2. The van der Waals surface area contributed by atoms with E-state index in [9.17, 15) is 16.8 Å².